The minimum Gasteiger partial charge on any atom is -0.410 e. The molecule has 0 unspecified atom stereocenters. The van der Waals surface area contributed by atoms with Crippen LogP contribution in [-0.4, -0.2) is 23.2 Å². The van der Waals surface area contributed by atoms with Gasteiger partial charge in [0, 0.05) is 32.7 Å². The van der Waals surface area contributed by atoms with E-state index in [9.17, 15) is 0 Å². The molecule has 0 atom stereocenters. The van der Waals surface area contributed by atoms with Crippen LogP contribution in [0.15, 0.2) is 0 Å². The van der Waals surface area contributed by atoms with Crippen molar-refractivity contribution in [3.63, 3.8) is 0 Å². The van der Waals surface area contributed by atoms with Gasteiger partial charge in [-0.05, 0) is 0 Å². The van der Waals surface area contributed by atoms with Gasteiger partial charge in [0.1, 0.15) is 0 Å². The summed E-state index contributed by atoms with van der Waals surface area (Å²) in [6.07, 6.45) is 0. The average Bonchev–Trinajstić information content (AvgIpc) is 0.722. The van der Waals surface area contributed by atoms with Crippen LogP contribution in [0.3, 0.4) is 0 Å². The van der Waals surface area contributed by atoms with E-state index in [4.69, 9.17) is 14.4 Å². The first-order valence-corrected chi connectivity index (χ1v) is 3.07. The molecule has 3 N–H and O–H groups in total. The molecule has 0 spiro atoms. The van der Waals surface area contributed by atoms with Crippen molar-refractivity contribution in [1.29, 1.82) is 0 Å². The van der Waals surface area contributed by atoms with Crippen LogP contribution in [0, 0.1) is 6.55 Å². The fourth-order valence-electron chi connectivity index (χ4n) is 0. The molecule has 0 saturated heterocycles. The molecule has 0 aliphatic rings. The van der Waals surface area contributed by atoms with Gasteiger partial charge in [-0.15, -0.1) is 0 Å². The van der Waals surface area contributed by atoms with E-state index in [-0.39, 0.29) is 32.7 Å². The van der Waals surface area contributed by atoms with Gasteiger partial charge in [0.25, 0.3) is 0 Å². The number of hydrogen-bond donors (Lipinski definition) is 3. The number of hydrogen-bond acceptors (Lipinski definition) is 3. The second kappa shape index (κ2) is 3.23. The first-order chi connectivity index (χ1) is 2.00. The Labute approximate surface area is 62.3 Å². The molecule has 35 valence electrons. The molecule has 0 saturated carbocycles. The molecule has 0 aromatic heterocycles. The summed E-state index contributed by atoms with van der Waals surface area (Å²) < 4.78 is 0. The van der Waals surface area contributed by atoms with Gasteiger partial charge < -0.3 is 14.4 Å². The van der Waals surface area contributed by atoms with E-state index in [1.807, 2.05) is 0 Å². The molecule has 0 aliphatic heterocycles. The Morgan fingerprint density at radius 1 is 1.17 bits per heavy atom. The van der Waals surface area contributed by atoms with Gasteiger partial charge in [-0.2, -0.15) is 0 Å². The first-order valence-electron chi connectivity index (χ1n) is 1.02. The van der Waals surface area contributed by atoms with Crippen molar-refractivity contribution in [2.24, 2.45) is 0 Å². The third kappa shape index (κ3) is 63.7. The van der Waals surface area contributed by atoms with E-state index in [0.29, 0.717) is 0 Å². The van der Waals surface area contributed by atoms with Crippen molar-refractivity contribution < 1.29 is 47.1 Å². The summed E-state index contributed by atoms with van der Waals surface area (Å²) in [6, 6.07) is 0. The third-order valence-electron chi connectivity index (χ3n) is 0. The quantitative estimate of drug-likeness (QED) is 0.308. The normalized spacial score (nSPS) is 10.0. The minimum atomic E-state index is -3.86. The summed E-state index contributed by atoms with van der Waals surface area (Å²) >= 11 is 0. The largest absolute Gasteiger partial charge is 0.410 e. The average molecular weight is 182 g/mol. The molecular weight excluding hydrogens is 177 g/mol. The summed E-state index contributed by atoms with van der Waals surface area (Å²) in [6.45, 7) is 2.58. The van der Waals surface area contributed by atoms with Crippen LogP contribution in [0.1, 0.15) is 0 Å². The van der Waals surface area contributed by atoms with Crippen LogP contribution < -0.4 is 0 Å². The van der Waals surface area contributed by atoms with Crippen LogP contribution in [0.5, 0.6) is 0 Å². The van der Waals surface area contributed by atoms with Crippen molar-refractivity contribution in [2.45, 2.75) is 0 Å². The Bertz CT molecular complexity index is 26.3. The van der Waals surface area contributed by atoms with Crippen molar-refractivity contribution in [2.75, 3.05) is 0 Å². The predicted molar refractivity (Wildman–Crippen MR) is 17.8 cm³/mol. The summed E-state index contributed by atoms with van der Waals surface area (Å²) in [5, 5.41) is 0. The predicted octanol–water partition coefficient (Wildman–Crippen LogP) is -1.73. The van der Waals surface area contributed by atoms with Gasteiger partial charge in [0.15, 0.2) is 0 Å². The Balaban J connectivity index is 0. The van der Waals surface area contributed by atoms with Crippen molar-refractivity contribution >= 4 is 8.80 Å². The fourth-order valence-corrected chi connectivity index (χ4v) is 0. The van der Waals surface area contributed by atoms with E-state index in [1.54, 1.807) is 0 Å². The summed E-state index contributed by atoms with van der Waals surface area (Å²) in [5.74, 6) is 0. The Hall–Kier alpha value is 1.20. The van der Waals surface area contributed by atoms with Gasteiger partial charge in [-0.1, -0.05) is 0 Å². The van der Waals surface area contributed by atoms with E-state index in [2.05, 4.69) is 6.55 Å². The second-order valence-electron chi connectivity index (χ2n) is 0.774. The summed E-state index contributed by atoms with van der Waals surface area (Å²) in [4.78, 5) is 23.0. The van der Waals surface area contributed by atoms with E-state index in [1.165, 1.54) is 0 Å². The van der Waals surface area contributed by atoms with Gasteiger partial charge in [-0.25, -0.2) is 0 Å². The Morgan fingerprint density at radius 3 is 1.17 bits per heavy atom. The molecule has 5 heteroatoms. The maximum atomic E-state index is 7.66. The molecule has 0 aromatic carbocycles. The number of rotatable bonds is 0. The zero-order valence-electron chi connectivity index (χ0n) is 3.13. The van der Waals surface area contributed by atoms with Crippen LogP contribution in [-0.2, 0) is 32.7 Å². The summed E-state index contributed by atoms with van der Waals surface area (Å²) in [7, 11) is -3.86. The molecule has 0 aromatic rings. The monoisotopic (exact) mass is 182 g/mol. The molecule has 1 radical (unpaired) electrons. The zero-order valence-corrected chi connectivity index (χ0v) is 6.96. The smallest absolute Gasteiger partial charge is 0.318 e. The van der Waals surface area contributed by atoms with Crippen LogP contribution in [0.2, 0.25) is 0 Å². The van der Waals surface area contributed by atoms with Crippen LogP contribution in [0.4, 0.5) is 0 Å². The Kier molecular flexibility index (Phi) is 5.52. The first kappa shape index (κ1) is 10.2. The van der Waals surface area contributed by atoms with Gasteiger partial charge in [0.2, 0.25) is 0 Å². The maximum absolute atomic E-state index is 7.66. The third-order valence-corrected chi connectivity index (χ3v) is 0. The molecule has 0 amide bonds. The van der Waals surface area contributed by atoms with Crippen molar-refractivity contribution in [1.82, 2.24) is 0 Å². The SMILES string of the molecule is [CH2-][Si](O)(O)O.[Y]. The molecule has 0 aliphatic carbocycles. The molecule has 6 heavy (non-hydrogen) atoms. The van der Waals surface area contributed by atoms with Crippen molar-refractivity contribution in [3.05, 3.63) is 6.55 Å². The zero-order chi connectivity index (χ0) is 4.50. The molecular formula is CH5O3SiY-. The Morgan fingerprint density at radius 2 is 1.17 bits per heavy atom. The van der Waals surface area contributed by atoms with Gasteiger partial charge in [0.05, 0.1) is 0 Å². The van der Waals surface area contributed by atoms with Gasteiger partial charge in [-0.3, -0.25) is 6.55 Å². The fraction of sp³-hybridized carbons (Fsp3) is 0. The van der Waals surface area contributed by atoms with Gasteiger partial charge >= 0.3 is 8.80 Å². The molecule has 0 heterocycles. The van der Waals surface area contributed by atoms with E-state index in [0.717, 1.165) is 0 Å². The summed E-state index contributed by atoms with van der Waals surface area (Å²) in [5.41, 5.74) is 0. The minimum absolute atomic E-state index is 0. The van der Waals surface area contributed by atoms with Crippen LogP contribution >= 0.6 is 0 Å². The standard InChI is InChI=1S/CH5O3Si.Y/c1-5(2,3)4;/h2-4H,1H2;/q-1;. The van der Waals surface area contributed by atoms with E-state index < -0.39 is 8.80 Å². The van der Waals surface area contributed by atoms with Crippen LogP contribution in [0.25, 0.3) is 0 Å². The topological polar surface area (TPSA) is 60.7 Å². The molecule has 3 nitrogen and oxygen atoms in total. The molecule has 0 bridgehead atoms. The van der Waals surface area contributed by atoms with E-state index >= 15 is 0 Å². The molecule has 0 fully saturated rings. The van der Waals surface area contributed by atoms with Crippen molar-refractivity contribution in [3.8, 4) is 0 Å². The maximum Gasteiger partial charge on any atom is 0.318 e. The molecule has 0 rings (SSSR count). The second-order valence-corrected chi connectivity index (χ2v) is 2.32.